The zero-order chi connectivity index (χ0) is 18.3. The molecule has 0 aliphatic heterocycles. The van der Waals surface area contributed by atoms with Crippen LogP contribution in [0.15, 0.2) is 34.4 Å². The van der Waals surface area contributed by atoms with E-state index in [-0.39, 0.29) is 11.4 Å². The van der Waals surface area contributed by atoms with Gasteiger partial charge in [0.25, 0.3) is 0 Å². The third kappa shape index (κ3) is 5.76. The van der Waals surface area contributed by atoms with Gasteiger partial charge in [-0.15, -0.1) is 11.3 Å². The van der Waals surface area contributed by atoms with Gasteiger partial charge in [-0.3, -0.25) is 9.98 Å². The van der Waals surface area contributed by atoms with Crippen molar-refractivity contribution in [3.63, 3.8) is 0 Å². The first-order chi connectivity index (χ1) is 11.9. The van der Waals surface area contributed by atoms with Gasteiger partial charge in [0.15, 0.2) is 5.96 Å². The maximum absolute atomic E-state index is 12.1. The number of guanidine groups is 1. The SMILES string of the molecule is CN=C(NCCNS(=O)(=O)c1cccnc1)NCc1sc(C)nc1C. The van der Waals surface area contributed by atoms with Gasteiger partial charge < -0.3 is 10.6 Å². The van der Waals surface area contributed by atoms with Crippen LogP contribution in [-0.4, -0.2) is 44.5 Å². The van der Waals surface area contributed by atoms with Gasteiger partial charge in [0, 0.05) is 37.4 Å². The third-order valence-electron chi connectivity index (χ3n) is 3.29. The molecule has 2 rings (SSSR count). The second kappa shape index (κ2) is 8.88. The Morgan fingerprint density at radius 1 is 1.28 bits per heavy atom. The molecule has 0 radical (unpaired) electrons. The number of sulfonamides is 1. The summed E-state index contributed by atoms with van der Waals surface area (Å²) in [7, 11) is -1.88. The second-order valence-electron chi connectivity index (χ2n) is 5.18. The molecule has 0 aliphatic carbocycles. The van der Waals surface area contributed by atoms with Gasteiger partial charge in [-0.2, -0.15) is 0 Å². The van der Waals surface area contributed by atoms with Gasteiger partial charge in [0.2, 0.25) is 10.0 Å². The van der Waals surface area contributed by atoms with E-state index >= 15 is 0 Å². The predicted octanol–water partition coefficient (Wildman–Crippen LogP) is 0.798. The Labute approximate surface area is 151 Å². The number of hydrogen-bond donors (Lipinski definition) is 3. The fraction of sp³-hybridized carbons (Fsp3) is 0.400. The van der Waals surface area contributed by atoms with Gasteiger partial charge in [-0.1, -0.05) is 0 Å². The maximum Gasteiger partial charge on any atom is 0.242 e. The van der Waals surface area contributed by atoms with Crippen LogP contribution in [0.25, 0.3) is 0 Å². The zero-order valence-corrected chi connectivity index (χ0v) is 16.0. The monoisotopic (exact) mass is 382 g/mol. The first-order valence-electron chi connectivity index (χ1n) is 7.69. The van der Waals surface area contributed by atoms with Crippen molar-refractivity contribution in [2.24, 2.45) is 4.99 Å². The van der Waals surface area contributed by atoms with E-state index in [1.165, 1.54) is 18.5 Å². The lowest BCUT2D eigenvalue weighted by molar-refractivity contribution is 0.580. The molecule has 0 aromatic carbocycles. The molecule has 2 aromatic heterocycles. The Balaban J connectivity index is 1.77. The molecule has 8 nitrogen and oxygen atoms in total. The molecule has 136 valence electrons. The first kappa shape index (κ1) is 19.3. The van der Waals surface area contributed by atoms with E-state index in [1.54, 1.807) is 24.5 Å². The second-order valence-corrected chi connectivity index (χ2v) is 8.24. The van der Waals surface area contributed by atoms with E-state index < -0.39 is 10.0 Å². The van der Waals surface area contributed by atoms with Crippen molar-refractivity contribution in [3.8, 4) is 0 Å². The summed E-state index contributed by atoms with van der Waals surface area (Å²) in [5.41, 5.74) is 1.01. The van der Waals surface area contributed by atoms with Crippen LogP contribution in [0.3, 0.4) is 0 Å². The molecule has 0 saturated carbocycles. The van der Waals surface area contributed by atoms with E-state index in [9.17, 15) is 8.42 Å². The zero-order valence-electron chi connectivity index (χ0n) is 14.4. The van der Waals surface area contributed by atoms with Crippen LogP contribution in [0.5, 0.6) is 0 Å². The number of aliphatic imine (C=N–C) groups is 1. The third-order valence-corrected chi connectivity index (χ3v) is 5.81. The van der Waals surface area contributed by atoms with E-state index in [4.69, 9.17) is 0 Å². The Morgan fingerprint density at radius 2 is 2.08 bits per heavy atom. The predicted molar refractivity (Wildman–Crippen MR) is 99.2 cm³/mol. The lowest BCUT2D eigenvalue weighted by Crippen LogP contribution is -2.41. The average molecular weight is 383 g/mol. The van der Waals surface area contributed by atoms with Gasteiger partial charge in [0.05, 0.1) is 17.2 Å². The maximum atomic E-state index is 12.1. The smallest absolute Gasteiger partial charge is 0.242 e. The molecular formula is C15H22N6O2S2. The standard InChI is InChI=1S/C15H22N6O2S2/c1-11-14(24-12(2)21-11)10-19-15(16-3)18-7-8-20-25(22,23)13-5-4-6-17-9-13/h4-6,9,20H,7-8,10H2,1-3H3,(H2,16,18,19). The Morgan fingerprint density at radius 3 is 2.68 bits per heavy atom. The summed E-state index contributed by atoms with van der Waals surface area (Å²) in [6.07, 6.45) is 2.85. The van der Waals surface area contributed by atoms with Crippen LogP contribution < -0.4 is 15.4 Å². The number of aromatic nitrogens is 2. The number of rotatable bonds is 7. The molecular weight excluding hydrogens is 360 g/mol. The summed E-state index contributed by atoms with van der Waals surface area (Å²) in [4.78, 5) is 13.6. The van der Waals surface area contributed by atoms with Crippen LogP contribution in [-0.2, 0) is 16.6 Å². The average Bonchev–Trinajstić information content (AvgIpc) is 2.92. The first-order valence-corrected chi connectivity index (χ1v) is 9.99. The minimum Gasteiger partial charge on any atom is -0.355 e. The number of thiazole rings is 1. The van der Waals surface area contributed by atoms with E-state index in [0.29, 0.717) is 19.0 Å². The molecule has 0 bridgehead atoms. The van der Waals surface area contributed by atoms with Crippen molar-refractivity contribution in [1.29, 1.82) is 0 Å². The van der Waals surface area contributed by atoms with Crippen LogP contribution in [0.1, 0.15) is 15.6 Å². The molecule has 0 fully saturated rings. The molecule has 25 heavy (non-hydrogen) atoms. The van der Waals surface area contributed by atoms with E-state index in [2.05, 4.69) is 30.3 Å². The highest BCUT2D eigenvalue weighted by atomic mass is 32.2. The summed E-state index contributed by atoms with van der Waals surface area (Å²) in [6, 6.07) is 3.09. The van der Waals surface area contributed by atoms with E-state index in [1.807, 2.05) is 13.8 Å². The highest BCUT2D eigenvalue weighted by molar-refractivity contribution is 7.89. The Kier molecular flexibility index (Phi) is 6.85. The topological polar surface area (TPSA) is 108 Å². The Bertz CT molecular complexity index is 818. The summed E-state index contributed by atoms with van der Waals surface area (Å²) in [5, 5.41) is 7.29. The highest BCUT2D eigenvalue weighted by Crippen LogP contribution is 2.16. The lowest BCUT2D eigenvalue weighted by Gasteiger charge is -2.12. The normalized spacial score (nSPS) is 12.2. The minimum absolute atomic E-state index is 0.147. The molecule has 0 unspecified atom stereocenters. The molecule has 10 heteroatoms. The van der Waals surface area contributed by atoms with Crippen molar-refractivity contribution in [3.05, 3.63) is 40.1 Å². The number of pyridine rings is 1. The van der Waals surface area contributed by atoms with Gasteiger partial charge in [-0.05, 0) is 26.0 Å². The van der Waals surface area contributed by atoms with Crippen molar-refractivity contribution in [2.45, 2.75) is 25.3 Å². The fourth-order valence-corrected chi connectivity index (χ4v) is 3.95. The summed E-state index contributed by atoms with van der Waals surface area (Å²) >= 11 is 1.64. The van der Waals surface area contributed by atoms with Crippen LogP contribution in [0, 0.1) is 13.8 Å². The quantitative estimate of drug-likeness (QED) is 0.371. The molecule has 2 aromatic rings. The number of hydrogen-bond acceptors (Lipinski definition) is 6. The largest absolute Gasteiger partial charge is 0.355 e. The highest BCUT2D eigenvalue weighted by Gasteiger charge is 2.12. The molecule has 0 aliphatic rings. The lowest BCUT2D eigenvalue weighted by atomic mass is 10.4. The van der Waals surface area contributed by atoms with Crippen molar-refractivity contribution in [1.82, 2.24) is 25.3 Å². The van der Waals surface area contributed by atoms with Crippen LogP contribution in [0.4, 0.5) is 0 Å². The van der Waals surface area contributed by atoms with Crippen LogP contribution >= 0.6 is 11.3 Å². The number of nitrogens with zero attached hydrogens (tertiary/aromatic N) is 3. The van der Waals surface area contributed by atoms with Crippen LogP contribution in [0.2, 0.25) is 0 Å². The number of aryl methyl sites for hydroxylation is 2. The fourth-order valence-electron chi connectivity index (χ4n) is 2.08. The van der Waals surface area contributed by atoms with Gasteiger partial charge in [0.1, 0.15) is 4.90 Å². The van der Waals surface area contributed by atoms with Gasteiger partial charge in [-0.25, -0.2) is 18.1 Å². The molecule has 2 heterocycles. The van der Waals surface area contributed by atoms with Crippen molar-refractivity contribution < 1.29 is 8.42 Å². The molecule has 0 amide bonds. The minimum atomic E-state index is -3.54. The van der Waals surface area contributed by atoms with Crippen molar-refractivity contribution >= 4 is 27.3 Å². The van der Waals surface area contributed by atoms with Gasteiger partial charge >= 0.3 is 0 Å². The summed E-state index contributed by atoms with van der Waals surface area (Å²) < 4.78 is 26.7. The Hall–Kier alpha value is -2.04. The molecule has 3 N–H and O–H groups in total. The summed E-state index contributed by atoms with van der Waals surface area (Å²) in [6.45, 7) is 5.21. The van der Waals surface area contributed by atoms with E-state index in [0.717, 1.165) is 15.6 Å². The molecule has 0 spiro atoms. The molecule has 0 atom stereocenters. The summed E-state index contributed by atoms with van der Waals surface area (Å²) in [5.74, 6) is 0.603. The molecule has 0 saturated heterocycles. The van der Waals surface area contributed by atoms with Crippen molar-refractivity contribution in [2.75, 3.05) is 20.1 Å². The number of nitrogens with one attached hydrogen (secondary N) is 3.